The Bertz CT molecular complexity index is 1040. The summed E-state index contributed by atoms with van der Waals surface area (Å²) < 4.78 is 17.9. The van der Waals surface area contributed by atoms with Gasteiger partial charge >= 0.3 is 0 Å². The number of benzene rings is 1. The van der Waals surface area contributed by atoms with E-state index in [4.69, 9.17) is 0 Å². The zero-order valence-corrected chi connectivity index (χ0v) is 16.0. The number of amides is 1. The predicted octanol–water partition coefficient (Wildman–Crippen LogP) is 2.69. The van der Waals surface area contributed by atoms with Crippen molar-refractivity contribution in [1.29, 1.82) is 0 Å². The summed E-state index contributed by atoms with van der Waals surface area (Å²) in [5.41, 5.74) is 2.25. The number of aromatic nitrogens is 4. The van der Waals surface area contributed by atoms with E-state index in [-0.39, 0.29) is 11.9 Å². The first kappa shape index (κ1) is 18.4. The van der Waals surface area contributed by atoms with Gasteiger partial charge in [0, 0.05) is 30.9 Å². The molecule has 4 rings (SSSR count). The number of fused-ring (bicyclic) bond motifs is 1. The van der Waals surface area contributed by atoms with Gasteiger partial charge < -0.3 is 14.6 Å². The molecule has 28 heavy (non-hydrogen) atoms. The number of rotatable bonds is 3. The van der Waals surface area contributed by atoms with Crippen molar-refractivity contribution in [1.82, 2.24) is 24.2 Å². The van der Waals surface area contributed by atoms with Crippen LogP contribution in [-0.2, 0) is 13.6 Å². The molecule has 1 aliphatic rings. The lowest BCUT2D eigenvalue weighted by molar-refractivity contribution is 0.0678. The van der Waals surface area contributed by atoms with Crippen LogP contribution in [0.3, 0.4) is 0 Å². The number of carbonyl (C=O) groups is 1. The molecule has 0 fully saturated rings. The molecule has 1 aliphatic heterocycles. The van der Waals surface area contributed by atoms with Crippen molar-refractivity contribution in [3.8, 4) is 11.3 Å². The molecule has 3 aromatic rings. The van der Waals surface area contributed by atoms with Crippen LogP contribution in [0, 0.1) is 5.82 Å². The maximum Gasteiger partial charge on any atom is 0.254 e. The summed E-state index contributed by atoms with van der Waals surface area (Å²) in [7, 11) is 1.73. The van der Waals surface area contributed by atoms with Crippen molar-refractivity contribution in [2.75, 3.05) is 6.54 Å². The van der Waals surface area contributed by atoms with Gasteiger partial charge in [0.05, 0.1) is 30.2 Å². The molecule has 0 spiro atoms. The monoisotopic (exact) mass is 383 g/mol. The van der Waals surface area contributed by atoms with Gasteiger partial charge in [-0.15, -0.1) is 0 Å². The summed E-state index contributed by atoms with van der Waals surface area (Å²) >= 11 is 0. The zero-order chi connectivity index (χ0) is 20.0. The number of imidazole rings is 1. The summed E-state index contributed by atoms with van der Waals surface area (Å²) in [4.78, 5) is 19.1. The molecule has 0 aliphatic carbocycles. The van der Waals surface area contributed by atoms with E-state index >= 15 is 0 Å². The molecule has 0 bridgehead atoms. The van der Waals surface area contributed by atoms with Gasteiger partial charge in [-0.3, -0.25) is 9.48 Å². The minimum Gasteiger partial charge on any atom is -0.385 e. The quantitative estimate of drug-likeness (QED) is 0.755. The second-order valence-electron chi connectivity index (χ2n) is 7.22. The van der Waals surface area contributed by atoms with Crippen LogP contribution < -0.4 is 0 Å². The van der Waals surface area contributed by atoms with Gasteiger partial charge in [0.25, 0.3) is 5.91 Å². The summed E-state index contributed by atoms with van der Waals surface area (Å²) in [6.07, 6.45) is 2.62. The first-order valence-corrected chi connectivity index (χ1v) is 9.18. The molecule has 0 unspecified atom stereocenters. The van der Waals surface area contributed by atoms with Crippen molar-refractivity contribution >= 4 is 5.91 Å². The first-order chi connectivity index (χ1) is 13.4. The number of hydrogen-bond donors (Lipinski definition) is 1. The summed E-state index contributed by atoms with van der Waals surface area (Å²) in [6.45, 7) is 4.54. The number of halogens is 1. The normalized spacial score (nSPS) is 17.5. The van der Waals surface area contributed by atoms with Crippen molar-refractivity contribution in [3.63, 3.8) is 0 Å². The third-order valence-corrected chi connectivity index (χ3v) is 5.15. The SMILES string of the molecule is C[C@@H](O)c1ncc2n1[C@@H](C)CN(C(=O)c1ccc(F)c(-c3ccnn3C)c1)C2. The Morgan fingerprint density at radius 2 is 2.14 bits per heavy atom. The van der Waals surface area contributed by atoms with Gasteiger partial charge in [-0.25, -0.2) is 9.37 Å². The van der Waals surface area contributed by atoms with Crippen LogP contribution in [0.15, 0.2) is 36.7 Å². The minimum absolute atomic E-state index is 0.0169. The Balaban J connectivity index is 1.65. The lowest BCUT2D eigenvalue weighted by Crippen LogP contribution is -2.40. The first-order valence-electron chi connectivity index (χ1n) is 9.18. The standard InChI is InChI=1S/C20H22FN5O2/c1-12-10-25(11-15-9-22-19(13(2)27)26(12)15)20(28)14-4-5-17(21)16(8-14)18-6-7-23-24(18)3/h4-9,12-13,27H,10-11H2,1-3H3/t12-,13+/m0/s1. The maximum atomic E-state index is 14.4. The number of carbonyl (C=O) groups excluding carboxylic acids is 1. The Morgan fingerprint density at radius 3 is 2.82 bits per heavy atom. The van der Waals surface area contributed by atoms with E-state index in [0.29, 0.717) is 35.7 Å². The predicted molar refractivity (Wildman–Crippen MR) is 101 cm³/mol. The fourth-order valence-electron chi connectivity index (χ4n) is 3.84. The second kappa shape index (κ2) is 6.87. The third-order valence-electron chi connectivity index (χ3n) is 5.15. The summed E-state index contributed by atoms with van der Waals surface area (Å²) in [5, 5.41) is 14.0. The number of aryl methyl sites for hydroxylation is 1. The Hall–Kier alpha value is -3.00. The van der Waals surface area contributed by atoms with Crippen LogP contribution in [0.1, 0.15) is 47.9 Å². The molecule has 2 aromatic heterocycles. The molecule has 0 saturated carbocycles. The van der Waals surface area contributed by atoms with Crippen LogP contribution in [0.5, 0.6) is 0 Å². The van der Waals surface area contributed by atoms with E-state index in [1.807, 2.05) is 11.5 Å². The number of nitrogens with zero attached hydrogens (tertiary/aromatic N) is 5. The van der Waals surface area contributed by atoms with E-state index in [0.717, 1.165) is 5.69 Å². The van der Waals surface area contributed by atoms with Gasteiger partial charge in [0.15, 0.2) is 0 Å². The van der Waals surface area contributed by atoms with Gasteiger partial charge in [-0.2, -0.15) is 5.10 Å². The fraction of sp³-hybridized carbons (Fsp3) is 0.350. The maximum absolute atomic E-state index is 14.4. The molecular formula is C20H22FN5O2. The molecule has 1 amide bonds. The van der Waals surface area contributed by atoms with Gasteiger partial charge in [-0.05, 0) is 38.1 Å². The Morgan fingerprint density at radius 1 is 1.36 bits per heavy atom. The largest absolute Gasteiger partial charge is 0.385 e. The van der Waals surface area contributed by atoms with Crippen molar-refractivity contribution in [3.05, 3.63) is 59.6 Å². The van der Waals surface area contributed by atoms with E-state index in [1.54, 1.807) is 48.1 Å². The van der Waals surface area contributed by atoms with Crippen molar-refractivity contribution in [2.24, 2.45) is 7.05 Å². The summed E-state index contributed by atoms with van der Waals surface area (Å²) in [6, 6.07) is 6.10. The molecule has 1 N–H and O–H groups in total. The van der Waals surface area contributed by atoms with E-state index in [1.165, 1.54) is 12.1 Å². The van der Waals surface area contributed by atoms with E-state index in [2.05, 4.69) is 10.1 Å². The minimum atomic E-state index is -0.669. The highest BCUT2D eigenvalue weighted by atomic mass is 19.1. The molecule has 2 atom stereocenters. The van der Waals surface area contributed by atoms with Crippen LogP contribution in [-0.4, -0.2) is 41.8 Å². The lowest BCUT2D eigenvalue weighted by Gasteiger charge is -2.34. The van der Waals surface area contributed by atoms with Crippen molar-refractivity contribution in [2.45, 2.75) is 32.5 Å². The Kier molecular flexibility index (Phi) is 4.50. The molecule has 1 aromatic carbocycles. The number of aliphatic hydroxyl groups is 1. The van der Waals surface area contributed by atoms with Crippen molar-refractivity contribution < 1.29 is 14.3 Å². The molecule has 146 valence electrons. The molecule has 0 radical (unpaired) electrons. The van der Waals surface area contributed by atoms with Crippen LogP contribution in [0.25, 0.3) is 11.3 Å². The summed E-state index contributed by atoms with van der Waals surface area (Å²) in [5.74, 6) is 0.0444. The molecule has 7 nitrogen and oxygen atoms in total. The third kappa shape index (κ3) is 2.99. The topological polar surface area (TPSA) is 76.2 Å². The number of hydrogen-bond acceptors (Lipinski definition) is 4. The van der Waals surface area contributed by atoms with Crippen LogP contribution in [0.2, 0.25) is 0 Å². The molecular weight excluding hydrogens is 361 g/mol. The second-order valence-corrected chi connectivity index (χ2v) is 7.22. The molecule has 8 heteroatoms. The van der Waals surface area contributed by atoms with Gasteiger partial charge in [-0.1, -0.05) is 0 Å². The zero-order valence-electron chi connectivity index (χ0n) is 16.0. The average molecular weight is 383 g/mol. The van der Waals surface area contributed by atoms with E-state index < -0.39 is 11.9 Å². The highest BCUT2D eigenvalue weighted by molar-refractivity contribution is 5.95. The lowest BCUT2D eigenvalue weighted by atomic mass is 10.1. The number of aliphatic hydroxyl groups excluding tert-OH is 1. The smallest absolute Gasteiger partial charge is 0.254 e. The van der Waals surface area contributed by atoms with E-state index in [9.17, 15) is 14.3 Å². The fourth-order valence-corrected chi connectivity index (χ4v) is 3.84. The molecule has 0 saturated heterocycles. The van der Waals surface area contributed by atoms with Gasteiger partial charge in [0.1, 0.15) is 17.7 Å². The molecule has 3 heterocycles. The average Bonchev–Trinajstić information content (AvgIpc) is 3.28. The Labute approximate surface area is 162 Å². The van der Waals surface area contributed by atoms with Crippen LogP contribution in [0.4, 0.5) is 4.39 Å². The van der Waals surface area contributed by atoms with Gasteiger partial charge in [0.2, 0.25) is 0 Å². The highest BCUT2D eigenvalue weighted by Gasteiger charge is 2.29. The highest BCUT2D eigenvalue weighted by Crippen LogP contribution is 2.28. The van der Waals surface area contributed by atoms with Crippen LogP contribution >= 0.6 is 0 Å².